The highest BCUT2D eigenvalue weighted by atomic mass is 32.2. The van der Waals surface area contributed by atoms with Gasteiger partial charge in [0.15, 0.2) is 0 Å². The summed E-state index contributed by atoms with van der Waals surface area (Å²) in [7, 11) is 0. The van der Waals surface area contributed by atoms with Crippen LogP contribution in [-0.2, 0) is 4.79 Å². The monoisotopic (exact) mass is 329 g/mol. The number of fused-ring (bicyclic) bond motifs is 1. The van der Waals surface area contributed by atoms with Crippen LogP contribution in [0.15, 0.2) is 53.1 Å². The molecule has 0 aliphatic heterocycles. The molecule has 2 heterocycles. The largest absolute Gasteiger partial charge is 0.349 e. The van der Waals surface area contributed by atoms with Gasteiger partial charge in [-0.3, -0.25) is 4.79 Å². The third kappa shape index (κ3) is 3.45. The van der Waals surface area contributed by atoms with Gasteiger partial charge in [-0.1, -0.05) is 42.1 Å². The zero-order valence-corrected chi connectivity index (χ0v) is 13.7. The normalized spacial score (nSPS) is 12.2. The second-order valence-electron chi connectivity index (χ2n) is 4.80. The van der Waals surface area contributed by atoms with E-state index in [2.05, 4.69) is 15.3 Å². The van der Waals surface area contributed by atoms with Crippen molar-refractivity contribution in [1.29, 1.82) is 0 Å². The molecule has 0 radical (unpaired) electrons. The number of benzene rings is 1. The molecule has 0 spiro atoms. The fourth-order valence-electron chi connectivity index (χ4n) is 2.11. The third-order valence-electron chi connectivity index (χ3n) is 3.23. The van der Waals surface area contributed by atoms with Gasteiger partial charge < -0.3 is 5.32 Å². The maximum Gasteiger partial charge on any atom is 0.230 e. The van der Waals surface area contributed by atoms with Crippen molar-refractivity contribution in [3.8, 4) is 0 Å². The molecule has 1 amide bonds. The smallest absolute Gasteiger partial charge is 0.230 e. The number of carbonyl (C=O) groups is 1. The molecule has 3 aromatic rings. The van der Waals surface area contributed by atoms with E-state index in [-0.39, 0.29) is 11.9 Å². The van der Waals surface area contributed by atoms with Crippen molar-refractivity contribution in [2.45, 2.75) is 18.0 Å². The van der Waals surface area contributed by atoms with Crippen LogP contribution < -0.4 is 5.32 Å². The Hall–Kier alpha value is -1.92. The van der Waals surface area contributed by atoms with E-state index in [9.17, 15) is 4.79 Å². The van der Waals surface area contributed by atoms with Crippen molar-refractivity contribution in [3.05, 3.63) is 53.7 Å². The number of hydrogen-bond acceptors (Lipinski definition) is 5. The van der Waals surface area contributed by atoms with Crippen LogP contribution >= 0.6 is 23.1 Å². The van der Waals surface area contributed by atoms with E-state index in [0.717, 1.165) is 20.8 Å². The first-order valence-corrected chi connectivity index (χ1v) is 8.76. The Balaban J connectivity index is 1.60. The molecule has 1 N–H and O–H groups in total. The molecule has 1 unspecified atom stereocenters. The van der Waals surface area contributed by atoms with Crippen molar-refractivity contribution in [2.24, 2.45) is 0 Å². The average Bonchev–Trinajstić information content (AvgIpc) is 3.03. The van der Waals surface area contributed by atoms with E-state index in [4.69, 9.17) is 0 Å². The van der Waals surface area contributed by atoms with E-state index < -0.39 is 0 Å². The zero-order chi connectivity index (χ0) is 15.4. The second-order valence-corrected chi connectivity index (χ2v) is 6.68. The van der Waals surface area contributed by atoms with Crippen molar-refractivity contribution in [3.63, 3.8) is 0 Å². The number of amides is 1. The van der Waals surface area contributed by atoms with Gasteiger partial charge in [-0.05, 0) is 23.9 Å². The van der Waals surface area contributed by atoms with Crippen LogP contribution in [0, 0.1) is 0 Å². The Labute approximate surface area is 137 Å². The number of hydrogen-bond donors (Lipinski definition) is 1. The zero-order valence-electron chi connectivity index (χ0n) is 12.0. The Morgan fingerprint density at radius 1 is 1.27 bits per heavy atom. The molecule has 1 atom stereocenters. The summed E-state index contributed by atoms with van der Waals surface area (Å²) < 4.78 is 1.04. The fourth-order valence-corrected chi connectivity index (χ4v) is 3.87. The summed E-state index contributed by atoms with van der Waals surface area (Å²) in [5, 5.41) is 5.86. The summed E-state index contributed by atoms with van der Waals surface area (Å²) in [6.45, 7) is 1.99. The van der Waals surface area contributed by atoms with Gasteiger partial charge in [0.05, 0.1) is 22.0 Å². The third-order valence-corrected chi connectivity index (χ3v) is 5.26. The number of aromatic nitrogens is 2. The molecular formula is C16H15N3OS2. The lowest BCUT2D eigenvalue weighted by Gasteiger charge is -2.14. The number of thioether (sulfide) groups is 1. The number of carbonyl (C=O) groups excluding carboxylic acids is 1. The first kappa shape index (κ1) is 15.0. The SMILES string of the molecule is CC(NC(=O)CSc1ncnc2ccsc12)c1ccccc1. The van der Waals surface area contributed by atoms with Crippen LogP contribution in [0.2, 0.25) is 0 Å². The quantitative estimate of drug-likeness (QED) is 0.573. The van der Waals surface area contributed by atoms with Crippen LogP contribution in [0.5, 0.6) is 0 Å². The number of nitrogens with one attached hydrogen (secondary N) is 1. The topological polar surface area (TPSA) is 54.9 Å². The van der Waals surface area contributed by atoms with Crippen molar-refractivity contribution in [1.82, 2.24) is 15.3 Å². The summed E-state index contributed by atoms with van der Waals surface area (Å²) in [4.78, 5) is 20.6. The van der Waals surface area contributed by atoms with Gasteiger partial charge in [0.25, 0.3) is 0 Å². The molecule has 2 aromatic heterocycles. The van der Waals surface area contributed by atoms with Crippen molar-refractivity contribution >= 4 is 39.2 Å². The minimum Gasteiger partial charge on any atom is -0.349 e. The van der Waals surface area contributed by atoms with Gasteiger partial charge in [0.2, 0.25) is 5.91 Å². The Bertz CT molecular complexity index is 773. The lowest BCUT2D eigenvalue weighted by atomic mass is 10.1. The van der Waals surface area contributed by atoms with E-state index in [1.54, 1.807) is 17.7 Å². The highest BCUT2D eigenvalue weighted by molar-refractivity contribution is 8.00. The molecule has 0 fully saturated rings. The van der Waals surface area contributed by atoms with E-state index in [1.807, 2.05) is 48.7 Å². The number of thiophene rings is 1. The van der Waals surface area contributed by atoms with Crippen molar-refractivity contribution < 1.29 is 4.79 Å². The molecular weight excluding hydrogens is 314 g/mol. The predicted octanol–water partition coefficient (Wildman–Crippen LogP) is 3.66. The van der Waals surface area contributed by atoms with E-state index >= 15 is 0 Å². The molecule has 0 aliphatic carbocycles. The highest BCUT2D eigenvalue weighted by Gasteiger charge is 2.12. The van der Waals surface area contributed by atoms with Crippen LogP contribution in [0.1, 0.15) is 18.5 Å². The van der Waals surface area contributed by atoms with Gasteiger partial charge in [0.1, 0.15) is 11.4 Å². The van der Waals surface area contributed by atoms with Crippen LogP contribution in [0.25, 0.3) is 10.2 Å². The Morgan fingerprint density at radius 2 is 2.09 bits per heavy atom. The minimum absolute atomic E-state index is 0.00135. The van der Waals surface area contributed by atoms with Gasteiger partial charge in [-0.25, -0.2) is 9.97 Å². The molecule has 1 aromatic carbocycles. The highest BCUT2D eigenvalue weighted by Crippen LogP contribution is 2.28. The number of rotatable bonds is 5. The molecule has 0 bridgehead atoms. The van der Waals surface area contributed by atoms with Gasteiger partial charge in [0, 0.05) is 0 Å². The van der Waals surface area contributed by atoms with Gasteiger partial charge in [-0.15, -0.1) is 11.3 Å². The van der Waals surface area contributed by atoms with Gasteiger partial charge in [-0.2, -0.15) is 0 Å². The molecule has 22 heavy (non-hydrogen) atoms. The van der Waals surface area contributed by atoms with Gasteiger partial charge >= 0.3 is 0 Å². The maximum atomic E-state index is 12.1. The average molecular weight is 329 g/mol. The first-order chi connectivity index (χ1) is 10.7. The van der Waals surface area contributed by atoms with E-state index in [0.29, 0.717) is 5.75 Å². The molecule has 6 heteroatoms. The molecule has 0 saturated heterocycles. The van der Waals surface area contributed by atoms with Crippen LogP contribution in [0.3, 0.4) is 0 Å². The van der Waals surface area contributed by atoms with E-state index in [1.165, 1.54) is 11.8 Å². The summed E-state index contributed by atoms with van der Waals surface area (Å²) in [6.07, 6.45) is 1.54. The summed E-state index contributed by atoms with van der Waals surface area (Å²) in [6, 6.07) is 11.9. The summed E-state index contributed by atoms with van der Waals surface area (Å²) in [5.74, 6) is 0.353. The Morgan fingerprint density at radius 3 is 2.91 bits per heavy atom. The fraction of sp³-hybridized carbons (Fsp3) is 0.188. The molecule has 112 valence electrons. The standard InChI is InChI=1S/C16H15N3OS2/c1-11(12-5-3-2-4-6-12)19-14(20)9-22-16-15-13(7-8-21-15)17-10-18-16/h2-8,10-11H,9H2,1H3,(H,19,20). The molecule has 0 saturated carbocycles. The minimum atomic E-state index is 0.00135. The molecule has 4 nitrogen and oxygen atoms in total. The van der Waals surface area contributed by atoms with Crippen molar-refractivity contribution in [2.75, 3.05) is 5.75 Å². The molecule has 3 rings (SSSR count). The maximum absolute atomic E-state index is 12.1. The summed E-state index contributed by atoms with van der Waals surface area (Å²) >= 11 is 3.05. The van der Waals surface area contributed by atoms with Crippen LogP contribution in [-0.4, -0.2) is 21.6 Å². The number of nitrogens with zero attached hydrogens (tertiary/aromatic N) is 2. The summed E-state index contributed by atoms with van der Waals surface area (Å²) in [5.41, 5.74) is 2.03. The lowest BCUT2D eigenvalue weighted by Crippen LogP contribution is -2.28. The second kappa shape index (κ2) is 6.89. The Kier molecular flexibility index (Phi) is 4.70. The lowest BCUT2D eigenvalue weighted by molar-refractivity contribution is -0.119. The molecule has 0 aliphatic rings. The van der Waals surface area contributed by atoms with Crippen LogP contribution in [0.4, 0.5) is 0 Å². The first-order valence-electron chi connectivity index (χ1n) is 6.89. The predicted molar refractivity (Wildman–Crippen MR) is 91.1 cm³/mol.